The summed E-state index contributed by atoms with van der Waals surface area (Å²) in [4.78, 5) is 32.0. The Morgan fingerprint density at radius 1 is 0.900 bits per heavy atom. The molecule has 208 valence electrons. The maximum atomic E-state index is 14.4. The Kier molecular flexibility index (Phi) is 6.06. The number of para-hydroxylation sites is 2. The Balaban J connectivity index is 1.20. The fraction of sp³-hybridized carbons (Fsp3) is 0.471. The van der Waals surface area contributed by atoms with Crippen LogP contribution in [-0.4, -0.2) is 39.5 Å². The highest BCUT2D eigenvalue weighted by Crippen LogP contribution is 2.55. The van der Waals surface area contributed by atoms with Gasteiger partial charge in [0.25, 0.3) is 0 Å². The molecule has 6 heteroatoms. The van der Waals surface area contributed by atoms with Crippen molar-refractivity contribution < 1.29 is 9.59 Å². The average Bonchev–Trinajstić information content (AvgIpc) is 3.40. The van der Waals surface area contributed by atoms with Gasteiger partial charge in [-0.1, -0.05) is 42.0 Å². The highest BCUT2D eigenvalue weighted by molar-refractivity contribution is 6.00. The summed E-state index contributed by atoms with van der Waals surface area (Å²) < 4.78 is 2.18. The minimum absolute atomic E-state index is 0.0350. The van der Waals surface area contributed by atoms with Gasteiger partial charge in [-0.05, 0) is 107 Å². The number of nitrogens with zero attached hydrogens (tertiary/aromatic N) is 3. The lowest BCUT2D eigenvalue weighted by atomic mass is 9.53. The molecule has 2 aromatic carbocycles. The van der Waals surface area contributed by atoms with Crippen LogP contribution in [0.15, 0.2) is 66.9 Å². The number of carbonyl (C=O) groups is 2. The van der Waals surface area contributed by atoms with Crippen molar-refractivity contribution in [1.29, 1.82) is 0 Å². The molecule has 0 spiro atoms. The standard InChI is InChI=1S/C34H40N4O2/c1-22(2)37(33(40)35-34-18-24-15-25(19-34)17-26(16-24)20-34)21-31(39)38-29-8-5-4-7-28(29)36-14-6-9-30(36)32(38)27-12-10-23(3)11-13-27/h4-14,22,24-26,32H,15-21H2,1-3H3,(H,35,40). The monoisotopic (exact) mass is 536 g/mol. The molecule has 4 aliphatic carbocycles. The van der Waals surface area contributed by atoms with Gasteiger partial charge in [0.1, 0.15) is 12.6 Å². The first kappa shape index (κ1) is 25.4. The van der Waals surface area contributed by atoms with Crippen LogP contribution in [0.2, 0.25) is 0 Å². The molecule has 1 aliphatic heterocycles. The molecule has 1 unspecified atom stereocenters. The zero-order valence-corrected chi connectivity index (χ0v) is 23.8. The van der Waals surface area contributed by atoms with Crippen molar-refractivity contribution in [2.45, 2.75) is 76.9 Å². The number of amides is 3. The fourth-order valence-electron chi connectivity index (χ4n) is 8.60. The van der Waals surface area contributed by atoms with Crippen molar-refractivity contribution in [3.63, 3.8) is 0 Å². The third-order valence-corrected chi connectivity index (χ3v) is 9.98. The van der Waals surface area contributed by atoms with Gasteiger partial charge in [0.2, 0.25) is 5.91 Å². The van der Waals surface area contributed by atoms with Crippen molar-refractivity contribution in [2.75, 3.05) is 11.4 Å². The highest BCUT2D eigenvalue weighted by Gasteiger charge is 2.52. The summed E-state index contributed by atoms with van der Waals surface area (Å²) in [6, 6.07) is 20.2. The second kappa shape index (κ2) is 9.53. The maximum absolute atomic E-state index is 14.4. The minimum atomic E-state index is -0.279. The van der Waals surface area contributed by atoms with Gasteiger partial charge in [-0.25, -0.2) is 4.79 Å². The van der Waals surface area contributed by atoms with Crippen LogP contribution < -0.4 is 10.2 Å². The Hall–Kier alpha value is -3.54. The van der Waals surface area contributed by atoms with Crippen molar-refractivity contribution in [3.05, 3.63) is 83.7 Å². The van der Waals surface area contributed by atoms with E-state index < -0.39 is 0 Å². The summed E-state index contributed by atoms with van der Waals surface area (Å²) in [6.07, 6.45) is 9.34. The van der Waals surface area contributed by atoms with E-state index in [1.807, 2.05) is 43.0 Å². The van der Waals surface area contributed by atoms with E-state index in [9.17, 15) is 9.59 Å². The Bertz CT molecular complexity index is 1400. The van der Waals surface area contributed by atoms with Crippen LogP contribution in [0, 0.1) is 24.7 Å². The van der Waals surface area contributed by atoms with Gasteiger partial charge >= 0.3 is 6.03 Å². The normalized spacial score (nSPS) is 27.9. The van der Waals surface area contributed by atoms with Crippen molar-refractivity contribution in [2.24, 2.45) is 17.8 Å². The number of hydrogen-bond donors (Lipinski definition) is 1. The molecular weight excluding hydrogens is 496 g/mol. The number of aromatic nitrogens is 1. The Morgan fingerprint density at radius 2 is 1.52 bits per heavy atom. The van der Waals surface area contributed by atoms with E-state index in [1.165, 1.54) is 24.8 Å². The first-order valence-electron chi connectivity index (χ1n) is 15.0. The van der Waals surface area contributed by atoms with Crippen molar-refractivity contribution in [1.82, 2.24) is 14.8 Å². The Morgan fingerprint density at radius 3 is 2.15 bits per heavy atom. The lowest BCUT2D eigenvalue weighted by Crippen LogP contribution is -2.63. The molecule has 8 rings (SSSR count). The summed E-state index contributed by atoms with van der Waals surface area (Å²) in [5.74, 6) is 2.17. The number of urea groups is 1. The average molecular weight is 537 g/mol. The van der Waals surface area contributed by atoms with Gasteiger partial charge in [-0.15, -0.1) is 0 Å². The molecule has 1 N–H and O–H groups in total. The summed E-state index contributed by atoms with van der Waals surface area (Å²) >= 11 is 0. The molecule has 4 fully saturated rings. The van der Waals surface area contributed by atoms with Crippen LogP contribution in [0.25, 0.3) is 5.69 Å². The summed E-state index contributed by atoms with van der Waals surface area (Å²) in [6.45, 7) is 6.14. The second-order valence-corrected chi connectivity index (χ2v) is 13.2. The lowest BCUT2D eigenvalue weighted by Gasteiger charge is -2.57. The third kappa shape index (κ3) is 4.23. The highest BCUT2D eigenvalue weighted by atomic mass is 16.2. The summed E-state index contributed by atoms with van der Waals surface area (Å²) in [5, 5.41) is 3.51. The van der Waals surface area contributed by atoms with Crippen LogP contribution in [0.3, 0.4) is 0 Å². The van der Waals surface area contributed by atoms with Crippen LogP contribution >= 0.6 is 0 Å². The quantitative estimate of drug-likeness (QED) is 0.399. The number of carbonyl (C=O) groups excluding carboxylic acids is 2. The lowest BCUT2D eigenvalue weighted by molar-refractivity contribution is -0.120. The molecule has 40 heavy (non-hydrogen) atoms. The zero-order chi connectivity index (χ0) is 27.6. The summed E-state index contributed by atoms with van der Waals surface area (Å²) in [7, 11) is 0. The van der Waals surface area contributed by atoms with E-state index in [0.717, 1.165) is 59.6 Å². The summed E-state index contributed by atoms with van der Waals surface area (Å²) in [5.41, 5.74) is 5.04. The van der Waals surface area contributed by atoms with E-state index in [1.54, 1.807) is 4.90 Å². The molecule has 3 aromatic rings. The molecule has 5 aliphatic rings. The fourth-order valence-corrected chi connectivity index (χ4v) is 8.60. The topological polar surface area (TPSA) is 57.6 Å². The third-order valence-electron chi connectivity index (χ3n) is 9.98. The molecule has 2 heterocycles. The molecular formula is C34H40N4O2. The number of rotatable bonds is 5. The zero-order valence-electron chi connectivity index (χ0n) is 23.8. The molecule has 6 nitrogen and oxygen atoms in total. The van der Waals surface area contributed by atoms with Gasteiger partial charge in [-0.2, -0.15) is 0 Å². The van der Waals surface area contributed by atoms with E-state index in [4.69, 9.17) is 0 Å². The molecule has 1 atom stereocenters. The van der Waals surface area contributed by atoms with E-state index in [2.05, 4.69) is 59.4 Å². The Labute approximate surface area is 237 Å². The number of anilines is 1. The van der Waals surface area contributed by atoms with Gasteiger partial charge in [-0.3, -0.25) is 9.69 Å². The SMILES string of the molecule is Cc1ccc(C2c3cccn3-c3ccccc3N2C(=O)CN(C(=O)NC23CC4CC(CC(C4)C2)C3)C(C)C)cc1. The molecule has 4 saturated carbocycles. The minimum Gasteiger partial charge on any atom is -0.333 e. The number of fused-ring (bicyclic) bond motifs is 3. The van der Waals surface area contributed by atoms with Crippen LogP contribution in [0.4, 0.5) is 10.5 Å². The van der Waals surface area contributed by atoms with Gasteiger partial charge in [0, 0.05) is 17.8 Å². The number of benzene rings is 2. The maximum Gasteiger partial charge on any atom is 0.318 e. The predicted octanol–water partition coefficient (Wildman–Crippen LogP) is 6.61. The van der Waals surface area contributed by atoms with Crippen molar-refractivity contribution >= 4 is 17.6 Å². The van der Waals surface area contributed by atoms with E-state index >= 15 is 0 Å². The first-order chi connectivity index (χ1) is 19.3. The molecule has 4 bridgehead atoms. The van der Waals surface area contributed by atoms with Gasteiger partial charge in [0.15, 0.2) is 0 Å². The van der Waals surface area contributed by atoms with Crippen LogP contribution in [0.1, 0.15) is 75.2 Å². The van der Waals surface area contributed by atoms with Crippen molar-refractivity contribution in [3.8, 4) is 5.69 Å². The molecule has 0 radical (unpaired) electrons. The van der Waals surface area contributed by atoms with Crippen LogP contribution in [0.5, 0.6) is 0 Å². The number of nitrogens with one attached hydrogen (secondary N) is 1. The molecule has 0 saturated heterocycles. The van der Waals surface area contributed by atoms with Gasteiger partial charge in [0.05, 0.1) is 17.1 Å². The molecule has 3 amide bonds. The largest absolute Gasteiger partial charge is 0.333 e. The molecule has 1 aromatic heterocycles. The first-order valence-corrected chi connectivity index (χ1v) is 15.0. The van der Waals surface area contributed by atoms with Crippen LogP contribution in [-0.2, 0) is 4.79 Å². The predicted molar refractivity (Wildman–Crippen MR) is 158 cm³/mol. The van der Waals surface area contributed by atoms with Gasteiger partial charge < -0.3 is 14.8 Å². The second-order valence-electron chi connectivity index (χ2n) is 13.2. The number of aryl methyl sites for hydroxylation is 1. The smallest absolute Gasteiger partial charge is 0.318 e. The van der Waals surface area contributed by atoms with E-state index in [-0.39, 0.29) is 36.1 Å². The van der Waals surface area contributed by atoms with E-state index in [0.29, 0.717) is 0 Å². The number of hydrogen-bond acceptors (Lipinski definition) is 2.